The summed E-state index contributed by atoms with van der Waals surface area (Å²) in [5, 5.41) is 0.338. The number of nitrogens with zero attached hydrogens (tertiary/aromatic N) is 1. The van der Waals surface area contributed by atoms with Crippen molar-refractivity contribution in [1.29, 1.82) is 0 Å². The van der Waals surface area contributed by atoms with Gasteiger partial charge in [-0.3, -0.25) is 0 Å². The van der Waals surface area contributed by atoms with E-state index in [9.17, 15) is 14.0 Å². The van der Waals surface area contributed by atoms with Crippen LogP contribution in [0.1, 0.15) is 22.5 Å². The van der Waals surface area contributed by atoms with Crippen molar-refractivity contribution in [1.82, 2.24) is 9.97 Å². The fourth-order valence-corrected chi connectivity index (χ4v) is 2.94. The molecule has 0 bridgehead atoms. The van der Waals surface area contributed by atoms with Crippen molar-refractivity contribution in [2.75, 3.05) is 19.5 Å². The van der Waals surface area contributed by atoms with E-state index in [-0.39, 0.29) is 11.4 Å². The molecule has 8 heteroatoms. The Morgan fingerprint density at radius 3 is 2.71 bits per heavy atom. The van der Waals surface area contributed by atoms with Crippen LogP contribution in [0.3, 0.4) is 0 Å². The van der Waals surface area contributed by atoms with Gasteiger partial charge in [-0.05, 0) is 37.6 Å². The first-order valence-corrected chi connectivity index (χ1v) is 8.20. The third kappa shape index (κ3) is 4.82. The van der Waals surface area contributed by atoms with Crippen LogP contribution in [0.2, 0.25) is 0 Å². The molecule has 0 aliphatic heterocycles. The Morgan fingerprint density at radius 2 is 2.04 bits per heavy atom. The lowest BCUT2D eigenvalue weighted by atomic mass is 10.2. The van der Waals surface area contributed by atoms with E-state index in [2.05, 4.69) is 9.97 Å². The van der Waals surface area contributed by atoms with Gasteiger partial charge in [0.15, 0.2) is 0 Å². The Kier molecular flexibility index (Phi) is 6.36. The van der Waals surface area contributed by atoms with Crippen LogP contribution in [0, 0.1) is 12.7 Å². The summed E-state index contributed by atoms with van der Waals surface area (Å²) >= 11 is 1.28. The van der Waals surface area contributed by atoms with Crippen LogP contribution in [0.4, 0.5) is 4.39 Å². The molecule has 2 aromatic rings. The van der Waals surface area contributed by atoms with Crippen molar-refractivity contribution < 1.29 is 18.7 Å². The SMILES string of the molecule is COC(=O)c1c(SCCCOc2ccc(F)cc2)nc(=O)[nH]c1C. The number of carbonyl (C=O) groups excluding carboxylic acids is 1. The van der Waals surface area contributed by atoms with Gasteiger partial charge in [-0.25, -0.2) is 14.0 Å². The fraction of sp³-hybridized carbons (Fsp3) is 0.312. The minimum absolute atomic E-state index is 0.265. The van der Waals surface area contributed by atoms with Crippen LogP contribution in [-0.2, 0) is 4.74 Å². The molecule has 0 aliphatic carbocycles. The van der Waals surface area contributed by atoms with Gasteiger partial charge in [-0.1, -0.05) is 0 Å². The lowest BCUT2D eigenvalue weighted by molar-refractivity contribution is 0.0594. The summed E-state index contributed by atoms with van der Waals surface area (Å²) in [6.07, 6.45) is 0.663. The zero-order chi connectivity index (χ0) is 17.5. The zero-order valence-electron chi connectivity index (χ0n) is 13.3. The molecule has 1 heterocycles. The van der Waals surface area contributed by atoms with Crippen LogP contribution in [0.5, 0.6) is 5.75 Å². The average Bonchev–Trinajstić information content (AvgIpc) is 2.55. The molecular formula is C16H17FN2O4S. The molecule has 2 rings (SSSR count). The highest BCUT2D eigenvalue weighted by Gasteiger charge is 2.18. The summed E-state index contributed by atoms with van der Waals surface area (Å²) in [4.78, 5) is 29.6. The number of esters is 1. The molecule has 0 unspecified atom stereocenters. The van der Waals surface area contributed by atoms with Crippen LogP contribution in [-0.4, -0.2) is 35.4 Å². The normalized spacial score (nSPS) is 10.5. The molecule has 1 aromatic heterocycles. The van der Waals surface area contributed by atoms with Gasteiger partial charge in [0.25, 0.3) is 0 Å². The number of carbonyl (C=O) groups is 1. The number of ether oxygens (including phenoxy) is 2. The number of aryl methyl sites for hydroxylation is 1. The monoisotopic (exact) mass is 352 g/mol. The number of aromatic amines is 1. The van der Waals surface area contributed by atoms with Crippen molar-refractivity contribution in [2.45, 2.75) is 18.4 Å². The molecule has 1 N–H and O–H groups in total. The second-order valence-corrected chi connectivity index (χ2v) is 5.93. The molecule has 0 saturated heterocycles. The van der Waals surface area contributed by atoms with Crippen LogP contribution in [0.15, 0.2) is 34.1 Å². The van der Waals surface area contributed by atoms with E-state index in [0.29, 0.717) is 35.2 Å². The Hall–Kier alpha value is -2.35. The second kappa shape index (κ2) is 8.49. The molecule has 24 heavy (non-hydrogen) atoms. The number of rotatable bonds is 7. The predicted molar refractivity (Wildman–Crippen MR) is 88.2 cm³/mol. The highest BCUT2D eigenvalue weighted by molar-refractivity contribution is 7.99. The van der Waals surface area contributed by atoms with Crippen molar-refractivity contribution in [3.8, 4) is 5.75 Å². The number of hydrogen-bond donors (Lipinski definition) is 1. The van der Waals surface area contributed by atoms with E-state index in [1.807, 2.05) is 0 Å². The first-order valence-electron chi connectivity index (χ1n) is 7.21. The smallest absolute Gasteiger partial charge is 0.346 e. The molecule has 0 fully saturated rings. The summed E-state index contributed by atoms with van der Waals surface area (Å²) < 4.78 is 23.0. The van der Waals surface area contributed by atoms with Crippen molar-refractivity contribution >= 4 is 17.7 Å². The van der Waals surface area contributed by atoms with E-state index >= 15 is 0 Å². The first kappa shape index (κ1) is 18.0. The topological polar surface area (TPSA) is 81.3 Å². The number of benzene rings is 1. The summed E-state index contributed by atoms with van der Waals surface area (Å²) in [5.74, 6) is 0.327. The van der Waals surface area contributed by atoms with Gasteiger partial charge in [0.1, 0.15) is 22.2 Å². The quantitative estimate of drug-likeness (QED) is 0.357. The van der Waals surface area contributed by atoms with Gasteiger partial charge in [0.05, 0.1) is 13.7 Å². The molecule has 0 radical (unpaired) electrons. The number of nitrogens with one attached hydrogen (secondary N) is 1. The molecule has 6 nitrogen and oxygen atoms in total. The van der Waals surface area contributed by atoms with E-state index in [4.69, 9.17) is 9.47 Å². The number of hydrogen-bond acceptors (Lipinski definition) is 6. The van der Waals surface area contributed by atoms with Crippen LogP contribution >= 0.6 is 11.8 Å². The first-order chi connectivity index (χ1) is 11.5. The van der Waals surface area contributed by atoms with Gasteiger partial charge in [-0.15, -0.1) is 11.8 Å². The number of thioether (sulfide) groups is 1. The summed E-state index contributed by atoms with van der Waals surface area (Å²) in [7, 11) is 1.28. The molecule has 0 spiro atoms. The zero-order valence-corrected chi connectivity index (χ0v) is 14.1. The molecule has 0 aliphatic rings. The number of H-pyrrole nitrogens is 1. The summed E-state index contributed by atoms with van der Waals surface area (Å²) in [6.45, 7) is 2.05. The van der Waals surface area contributed by atoms with E-state index in [1.165, 1.54) is 31.0 Å². The molecule has 0 amide bonds. The van der Waals surface area contributed by atoms with Gasteiger partial charge in [0, 0.05) is 11.4 Å². The molecule has 0 saturated carbocycles. The van der Waals surface area contributed by atoms with Gasteiger partial charge >= 0.3 is 11.7 Å². The van der Waals surface area contributed by atoms with Crippen molar-refractivity contribution in [2.24, 2.45) is 0 Å². The lowest BCUT2D eigenvalue weighted by Gasteiger charge is -2.09. The maximum atomic E-state index is 12.8. The van der Waals surface area contributed by atoms with Crippen molar-refractivity contribution in [3.05, 3.63) is 51.8 Å². The standard InChI is InChI=1S/C16H17FN2O4S/c1-10-13(15(20)22-2)14(19-16(21)18-10)24-9-3-8-23-12-6-4-11(17)5-7-12/h4-7H,3,8-9H2,1-2H3,(H,18,19,21). The number of aromatic nitrogens is 2. The van der Waals surface area contributed by atoms with E-state index in [1.54, 1.807) is 19.1 Å². The highest BCUT2D eigenvalue weighted by atomic mass is 32.2. The number of methoxy groups -OCH3 is 1. The Morgan fingerprint density at radius 1 is 1.33 bits per heavy atom. The minimum atomic E-state index is -0.540. The average molecular weight is 352 g/mol. The van der Waals surface area contributed by atoms with E-state index < -0.39 is 11.7 Å². The predicted octanol–water partition coefficient (Wildman–Crippen LogP) is 2.57. The fourth-order valence-electron chi connectivity index (χ4n) is 1.95. The second-order valence-electron chi connectivity index (χ2n) is 4.84. The number of halogens is 1. The Labute approximate surface area is 142 Å². The largest absolute Gasteiger partial charge is 0.494 e. The molecular weight excluding hydrogens is 335 g/mol. The molecule has 1 aromatic carbocycles. The maximum Gasteiger partial charge on any atom is 0.346 e. The van der Waals surface area contributed by atoms with Crippen LogP contribution in [0.25, 0.3) is 0 Å². The van der Waals surface area contributed by atoms with Gasteiger partial charge < -0.3 is 14.5 Å². The van der Waals surface area contributed by atoms with Gasteiger partial charge in [0.2, 0.25) is 0 Å². The maximum absolute atomic E-state index is 12.8. The third-order valence-corrected chi connectivity index (χ3v) is 4.15. The van der Waals surface area contributed by atoms with Crippen molar-refractivity contribution in [3.63, 3.8) is 0 Å². The van der Waals surface area contributed by atoms with E-state index in [0.717, 1.165) is 0 Å². The van der Waals surface area contributed by atoms with Gasteiger partial charge in [-0.2, -0.15) is 4.98 Å². The molecule has 0 atom stereocenters. The summed E-state index contributed by atoms with van der Waals surface area (Å²) in [6, 6.07) is 5.77. The Bertz CT molecular complexity index is 762. The Balaban J connectivity index is 1.91. The lowest BCUT2D eigenvalue weighted by Crippen LogP contribution is -2.19. The third-order valence-electron chi connectivity index (χ3n) is 3.09. The minimum Gasteiger partial charge on any atom is -0.494 e. The highest BCUT2D eigenvalue weighted by Crippen LogP contribution is 2.22. The molecule has 128 valence electrons. The van der Waals surface area contributed by atoms with Crippen LogP contribution < -0.4 is 10.4 Å². The summed E-state index contributed by atoms with van der Waals surface area (Å²) in [5.41, 5.74) is 0.179.